The van der Waals surface area contributed by atoms with Crippen LogP contribution in [-0.4, -0.2) is 51.5 Å². The fraction of sp³-hybridized carbons (Fsp3) is 0.818. The van der Waals surface area contributed by atoms with E-state index >= 15 is 0 Å². The highest BCUT2D eigenvalue weighted by molar-refractivity contribution is 6.04. The van der Waals surface area contributed by atoms with Gasteiger partial charge in [-0.1, -0.05) is 27.4 Å². The summed E-state index contributed by atoms with van der Waals surface area (Å²) in [6.07, 6.45) is -1.39. The predicted molar refractivity (Wildman–Crippen MR) is 101 cm³/mol. The van der Waals surface area contributed by atoms with Gasteiger partial charge in [-0.25, -0.2) is 0 Å². The second kappa shape index (κ2) is 5.89. The van der Waals surface area contributed by atoms with Crippen LogP contribution in [0.2, 0.25) is 0 Å². The normalized spacial score (nSPS) is 52.0. The summed E-state index contributed by atoms with van der Waals surface area (Å²) in [6.45, 7) is 11.3. The Kier molecular flexibility index (Phi) is 4.22. The molecule has 1 spiro atoms. The average molecular weight is 392 g/mol. The number of rotatable bonds is 1. The Labute approximate surface area is 166 Å². The van der Waals surface area contributed by atoms with Crippen LogP contribution in [0, 0.1) is 34.0 Å². The van der Waals surface area contributed by atoms with E-state index in [0.717, 1.165) is 0 Å². The molecule has 6 nitrogen and oxygen atoms in total. The molecule has 4 fully saturated rings. The van der Waals surface area contributed by atoms with Crippen molar-refractivity contribution in [1.29, 1.82) is 0 Å². The molecule has 9 unspecified atom stereocenters. The maximum absolute atomic E-state index is 13.4. The monoisotopic (exact) mass is 392 g/mol. The van der Waals surface area contributed by atoms with Crippen LogP contribution >= 0.6 is 0 Å². The lowest BCUT2D eigenvalue weighted by Gasteiger charge is -2.67. The minimum absolute atomic E-state index is 0.163. The van der Waals surface area contributed by atoms with Crippen LogP contribution in [0.15, 0.2) is 12.2 Å². The largest absolute Gasteiger partial charge is 0.462 e. The number of ketones is 1. The van der Waals surface area contributed by atoms with Gasteiger partial charge >= 0.3 is 5.97 Å². The van der Waals surface area contributed by atoms with Gasteiger partial charge in [0.25, 0.3) is 0 Å². The topological polar surface area (TPSA) is 104 Å². The second-order valence-electron chi connectivity index (χ2n) is 10.3. The van der Waals surface area contributed by atoms with E-state index in [4.69, 9.17) is 4.74 Å². The third-order valence-electron chi connectivity index (χ3n) is 9.05. The molecule has 4 aliphatic carbocycles. The van der Waals surface area contributed by atoms with Gasteiger partial charge in [-0.3, -0.25) is 9.59 Å². The van der Waals surface area contributed by atoms with Gasteiger partial charge in [0.15, 0.2) is 5.78 Å². The van der Waals surface area contributed by atoms with E-state index in [1.807, 2.05) is 20.8 Å². The van der Waals surface area contributed by atoms with Gasteiger partial charge in [0.1, 0.15) is 6.10 Å². The third kappa shape index (κ3) is 2.09. The van der Waals surface area contributed by atoms with Crippen LogP contribution in [0.5, 0.6) is 0 Å². The molecule has 0 radical (unpaired) electrons. The highest BCUT2D eigenvalue weighted by Crippen LogP contribution is 2.71. The number of carbonyl (C=O) groups excluding carboxylic acids is 2. The highest BCUT2D eigenvalue weighted by atomic mass is 16.5. The predicted octanol–water partition coefficient (Wildman–Crippen LogP) is 1.61. The number of hydrogen-bond acceptors (Lipinski definition) is 6. The molecule has 28 heavy (non-hydrogen) atoms. The van der Waals surface area contributed by atoms with Crippen molar-refractivity contribution in [3.8, 4) is 0 Å². The van der Waals surface area contributed by atoms with Gasteiger partial charge in [0, 0.05) is 24.7 Å². The molecule has 9 atom stereocenters. The molecule has 0 aliphatic heterocycles. The van der Waals surface area contributed by atoms with E-state index in [9.17, 15) is 24.9 Å². The van der Waals surface area contributed by atoms with Crippen molar-refractivity contribution < 1.29 is 29.6 Å². The van der Waals surface area contributed by atoms with Crippen molar-refractivity contribution in [2.24, 2.45) is 34.0 Å². The van der Waals surface area contributed by atoms with Gasteiger partial charge in [-0.2, -0.15) is 0 Å². The number of aliphatic hydroxyl groups is 3. The molecule has 0 heterocycles. The van der Waals surface area contributed by atoms with Crippen LogP contribution in [-0.2, 0) is 14.3 Å². The lowest BCUT2D eigenvalue weighted by molar-refractivity contribution is -0.271. The Bertz CT molecular complexity index is 743. The summed E-state index contributed by atoms with van der Waals surface area (Å²) in [4.78, 5) is 25.2. The molecule has 0 amide bonds. The molecule has 4 saturated carbocycles. The number of hydrogen-bond donors (Lipinski definition) is 3. The Morgan fingerprint density at radius 1 is 1.07 bits per heavy atom. The molecule has 156 valence electrons. The van der Waals surface area contributed by atoms with Crippen molar-refractivity contribution in [2.75, 3.05) is 0 Å². The third-order valence-corrected chi connectivity index (χ3v) is 9.05. The first-order valence-electron chi connectivity index (χ1n) is 10.4. The van der Waals surface area contributed by atoms with Crippen molar-refractivity contribution in [3.05, 3.63) is 12.2 Å². The Morgan fingerprint density at radius 2 is 1.71 bits per heavy atom. The summed E-state index contributed by atoms with van der Waals surface area (Å²) in [5, 5.41) is 33.3. The molecule has 4 aliphatic rings. The standard InChI is InChI=1S/C22H32O6/c1-10-12-6-7-13-21(5)14(8-16(25)22(13,18(10)26)19(12)27)20(3,4)15(24)9-17(21)28-11(2)23/h12-17,19,24-25,27H,1,6-9H2,2-5H3. The van der Waals surface area contributed by atoms with Gasteiger partial charge in [0.2, 0.25) is 0 Å². The highest BCUT2D eigenvalue weighted by Gasteiger charge is 2.76. The molecular formula is C22H32O6. The number of carbonyl (C=O) groups is 2. The van der Waals surface area contributed by atoms with Crippen molar-refractivity contribution in [2.45, 2.75) is 77.8 Å². The smallest absolute Gasteiger partial charge is 0.302 e. The maximum Gasteiger partial charge on any atom is 0.302 e. The van der Waals surface area contributed by atoms with Gasteiger partial charge in [-0.05, 0) is 42.1 Å². The van der Waals surface area contributed by atoms with Crippen LogP contribution < -0.4 is 0 Å². The summed E-state index contributed by atoms with van der Waals surface area (Å²) >= 11 is 0. The zero-order valence-corrected chi connectivity index (χ0v) is 17.1. The Balaban J connectivity index is 1.91. The molecule has 0 aromatic heterocycles. The fourth-order valence-electron chi connectivity index (χ4n) is 7.63. The minimum atomic E-state index is -1.29. The number of aliphatic hydroxyl groups excluding tert-OH is 3. The molecular weight excluding hydrogens is 360 g/mol. The second-order valence-corrected chi connectivity index (χ2v) is 10.3. The van der Waals surface area contributed by atoms with E-state index in [0.29, 0.717) is 18.4 Å². The molecule has 0 aromatic carbocycles. The maximum atomic E-state index is 13.4. The summed E-state index contributed by atoms with van der Waals surface area (Å²) in [6, 6.07) is 0. The van der Waals surface area contributed by atoms with Crippen molar-refractivity contribution in [3.63, 3.8) is 0 Å². The van der Waals surface area contributed by atoms with Crippen molar-refractivity contribution in [1.82, 2.24) is 0 Å². The fourth-order valence-corrected chi connectivity index (χ4v) is 7.63. The summed E-state index contributed by atoms with van der Waals surface area (Å²) in [5.41, 5.74) is -2.04. The van der Waals surface area contributed by atoms with E-state index in [1.54, 1.807) is 0 Å². The van der Waals surface area contributed by atoms with E-state index in [-0.39, 0.29) is 36.4 Å². The van der Waals surface area contributed by atoms with Crippen LogP contribution in [0.3, 0.4) is 0 Å². The zero-order valence-electron chi connectivity index (χ0n) is 17.1. The summed E-state index contributed by atoms with van der Waals surface area (Å²) in [7, 11) is 0. The molecule has 2 bridgehead atoms. The molecule has 0 aromatic rings. The first-order valence-corrected chi connectivity index (χ1v) is 10.4. The average Bonchev–Trinajstić information content (AvgIpc) is 2.71. The number of Topliss-reactive ketones (excluding diaryl/α,β-unsaturated/α-hetero) is 1. The molecule has 0 saturated heterocycles. The lowest BCUT2D eigenvalue weighted by Crippen LogP contribution is -2.72. The van der Waals surface area contributed by atoms with Crippen LogP contribution in [0.1, 0.15) is 53.4 Å². The SMILES string of the molecule is C=C1C(=O)C23C(O)CC4C(C)(C)C(O)CC(OC(C)=O)C4(C)C2CCC1C3O. The minimum Gasteiger partial charge on any atom is -0.462 e. The summed E-state index contributed by atoms with van der Waals surface area (Å²) in [5.74, 6) is -1.47. The van der Waals surface area contributed by atoms with E-state index in [1.165, 1.54) is 6.92 Å². The lowest BCUT2D eigenvalue weighted by atomic mass is 9.38. The van der Waals surface area contributed by atoms with Crippen LogP contribution in [0.25, 0.3) is 0 Å². The Hall–Kier alpha value is -1.24. The quantitative estimate of drug-likeness (QED) is 0.463. The van der Waals surface area contributed by atoms with Crippen LogP contribution in [0.4, 0.5) is 0 Å². The Morgan fingerprint density at radius 3 is 2.32 bits per heavy atom. The first kappa shape index (κ1) is 20.0. The number of fused-ring (bicyclic) bond motifs is 3. The molecule has 6 heteroatoms. The van der Waals surface area contributed by atoms with Gasteiger partial charge in [-0.15, -0.1) is 0 Å². The number of esters is 1. The molecule has 3 N–H and O–H groups in total. The number of ether oxygens (including phenoxy) is 1. The van der Waals surface area contributed by atoms with Gasteiger partial charge in [0.05, 0.1) is 23.7 Å². The van der Waals surface area contributed by atoms with Crippen molar-refractivity contribution >= 4 is 11.8 Å². The van der Waals surface area contributed by atoms with Gasteiger partial charge < -0.3 is 20.1 Å². The van der Waals surface area contributed by atoms with E-state index in [2.05, 4.69) is 6.58 Å². The zero-order chi connectivity index (χ0) is 20.8. The van der Waals surface area contributed by atoms with E-state index < -0.39 is 46.6 Å². The first-order chi connectivity index (χ1) is 12.9. The summed E-state index contributed by atoms with van der Waals surface area (Å²) < 4.78 is 5.72. The molecule has 4 rings (SSSR count).